The molecule has 12 nitrogen and oxygen atoms in total. The molecule has 0 aromatic rings. The van der Waals surface area contributed by atoms with Crippen LogP contribution in [0.3, 0.4) is 0 Å². The summed E-state index contributed by atoms with van der Waals surface area (Å²) in [6.07, 6.45) is 5.54. The molecule has 1 N–H and O–H groups in total. The molecule has 25 heavy (non-hydrogen) atoms. The van der Waals surface area contributed by atoms with E-state index < -0.39 is 15.3 Å². The van der Waals surface area contributed by atoms with Gasteiger partial charge in [-0.05, 0) is 32.1 Å². The molecule has 0 aliphatic carbocycles. The molecule has 0 atom stereocenters. The van der Waals surface area contributed by atoms with Crippen molar-refractivity contribution in [3.05, 3.63) is 30.3 Å². The van der Waals surface area contributed by atoms with Crippen LogP contribution in [0.15, 0.2) is 0 Å². The smallest absolute Gasteiger partial charge is 0.294 e. The summed E-state index contributed by atoms with van der Waals surface area (Å²) in [7, 11) is 0. The third-order valence-corrected chi connectivity index (χ3v) is 3.07. The minimum absolute atomic E-state index is 0. The van der Waals surface area contributed by atoms with Crippen LogP contribution >= 0.6 is 31.9 Å². The third-order valence-electron chi connectivity index (χ3n) is 1.95. The number of alkyl halides is 2. The van der Waals surface area contributed by atoms with Crippen LogP contribution < -0.4 is 0 Å². The zero-order valence-corrected chi connectivity index (χ0v) is 17.8. The molecule has 0 unspecified atom stereocenters. The van der Waals surface area contributed by atoms with E-state index in [1.165, 1.54) is 19.3 Å². The Morgan fingerprint density at radius 1 is 0.720 bits per heavy atom. The van der Waals surface area contributed by atoms with Crippen molar-refractivity contribution in [3.63, 3.8) is 0 Å². The van der Waals surface area contributed by atoms with Crippen LogP contribution in [0, 0.1) is 30.3 Å². The van der Waals surface area contributed by atoms with Crippen LogP contribution in [0.4, 0.5) is 0 Å². The second kappa shape index (κ2) is 28.1. The minimum atomic E-state index is -1.50. The first kappa shape index (κ1) is 32.0. The van der Waals surface area contributed by atoms with Gasteiger partial charge in [0.15, 0.2) is 0 Å². The molecule has 0 aromatic carbocycles. The Bertz CT molecular complexity index is 304. The average Bonchev–Trinajstić information content (AvgIpc) is 2.46. The molecular formula is C10H21AgBr2N3O9. The van der Waals surface area contributed by atoms with Gasteiger partial charge in [0.25, 0.3) is 15.3 Å². The van der Waals surface area contributed by atoms with E-state index in [4.69, 9.17) is 15.3 Å². The van der Waals surface area contributed by atoms with Gasteiger partial charge in [-0.15, -0.1) is 30.3 Å². The number of hydrogen-bond donors (Lipinski definition) is 1. The van der Waals surface area contributed by atoms with E-state index in [2.05, 4.69) is 41.5 Å². The predicted molar refractivity (Wildman–Crippen MR) is 90.0 cm³/mol. The summed E-state index contributed by atoms with van der Waals surface area (Å²) in [6.45, 7) is 0.0386. The number of unbranched alkanes of at least 4 members (excludes halogenated alkanes) is 4. The van der Waals surface area contributed by atoms with E-state index >= 15 is 0 Å². The number of halogens is 2. The third kappa shape index (κ3) is 59.8. The van der Waals surface area contributed by atoms with E-state index in [1.54, 1.807) is 0 Å². The van der Waals surface area contributed by atoms with Crippen LogP contribution in [0.2, 0.25) is 0 Å². The molecule has 0 heterocycles. The second-order valence-corrected chi connectivity index (χ2v) is 5.44. The molecule has 0 amide bonds. The second-order valence-electron chi connectivity index (χ2n) is 3.85. The Kier molecular flexibility index (Phi) is 36.0. The Labute approximate surface area is 176 Å². The fourth-order valence-corrected chi connectivity index (χ4v) is 1.82. The first-order valence-electron chi connectivity index (χ1n) is 6.77. The zero-order chi connectivity index (χ0) is 19.2. The number of nitrogens with zero attached hydrogens (tertiary/aromatic N) is 3. The summed E-state index contributed by atoms with van der Waals surface area (Å²) in [4.78, 5) is 35.7. The molecule has 15 heteroatoms. The maximum atomic E-state index is 9.65. The molecule has 0 aliphatic heterocycles. The SMILES string of the molecule is BrCCCCCBr.O=[N+]([O-])O.O=[N+]([O-])OCCCCCO[N+](=O)[O-].[Ag]. The Morgan fingerprint density at radius 2 is 1.00 bits per heavy atom. The first-order valence-corrected chi connectivity index (χ1v) is 9.02. The first-order chi connectivity index (χ1) is 11.3. The largest absolute Gasteiger partial charge is 0.328 e. The molecule has 0 saturated carbocycles. The van der Waals surface area contributed by atoms with E-state index in [-0.39, 0.29) is 35.6 Å². The summed E-state index contributed by atoms with van der Waals surface area (Å²) in [5.74, 6) is 0. The number of rotatable bonds is 12. The van der Waals surface area contributed by atoms with Gasteiger partial charge in [-0.2, -0.15) is 0 Å². The van der Waals surface area contributed by atoms with Gasteiger partial charge in [-0.25, -0.2) is 0 Å². The maximum absolute atomic E-state index is 9.65. The topological polar surface area (TPSA) is 168 Å². The number of hydrogen-bond acceptors (Lipinski definition) is 8. The molecule has 155 valence electrons. The standard InChI is InChI=1S/C5H10Br2.C5H10N2O6.Ag.HNO3/c6-4-2-1-3-5-7;8-6(9)12-4-2-1-3-5-13-7(10)11;;2-1(3)4/h1-5H2;1-5H2;;(H,2,3,4). The zero-order valence-electron chi connectivity index (χ0n) is 13.2. The van der Waals surface area contributed by atoms with Gasteiger partial charge < -0.3 is 14.9 Å². The van der Waals surface area contributed by atoms with Crippen molar-refractivity contribution in [1.29, 1.82) is 0 Å². The van der Waals surface area contributed by atoms with Crippen molar-refractivity contribution in [2.24, 2.45) is 0 Å². The fraction of sp³-hybridized carbons (Fsp3) is 1.00. The normalized spacial score (nSPS) is 8.40. The molecule has 0 bridgehead atoms. The van der Waals surface area contributed by atoms with Crippen molar-refractivity contribution >= 4 is 31.9 Å². The van der Waals surface area contributed by atoms with E-state index in [1.807, 2.05) is 0 Å². The van der Waals surface area contributed by atoms with Gasteiger partial charge >= 0.3 is 0 Å². The molecular weight excluding hydrogens is 574 g/mol. The van der Waals surface area contributed by atoms with Gasteiger partial charge in [0.05, 0.1) is 13.2 Å². The molecule has 0 aliphatic rings. The van der Waals surface area contributed by atoms with Crippen LogP contribution in [0.1, 0.15) is 38.5 Å². The van der Waals surface area contributed by atoms with Crippen LogP contribution in [-0.4, -0.2) is 44.3 Å². The average molecular weight is 595 g/mol. The van der Waals surface area contributed by atoms with Crippen LogP contribution in [-0.2, 0) is 32.1 Å². The Hall–Kier alpha value is -0.700. The summed E-state index contributed by atoms with van der Waals surface area (Å²) in [5.41, 5.74) is 0. The quantitative estimate of drug-likeness (QED) is 0.117. The van der Waals surface area contributed by atoms with Crippen molar-refractivity contribution in [1.82, 2.24) is 0 Å². The molecule has 1 radical (unpaired) electrons. The molecule has 0 aromatic heterocycles. The van der Waals surface area contributed by atoms with Crippen LogP contribution in [0.5, 0.6) is 0 Å². The van der Waals surface area contributed by atoms with Gasteiger partial charge in [0.1, 0.15) is 0 Å². The maximum Gasteiger partial charge on any atom is 0.294 e. The summed E-state index contributed by atoms with van der Waals surface area (Å²) in [5, 5.41) is 33.5. The van der Waals surface area contributed by atoms with E-state index in [9.17, 15) is 20.2 Å². The fourth-order valence-electron chi connectivity index (χ4n) is 1.02. The van der Waals surface area contributed by atoms with E-state index in [0.29, 0.717) is 19.3 Å². The van der Waals surface area contributed by atoms with Gasteiger partial charge in [0.2, 0.25) is 0 Å². The van der Waals surface area contributed by atoms with Crippen LogP contribution in [0.25, 0.3) is 0 Å². The van der Waals surface area contributed by atoms with Crippen molar-refractivity contribution in [3.8, 4) is 0 Å². The molecule has 0 saturated heterocycles. The summed E-state index contributed by atoms with van der Waals surface area (Å²) < 4.78 is 0. The Morgan fingerprint density at radius 3 is 1.24 bits per heavy atom. The van der Waals surface area contributed by atoms with E-state index in [0.717, 1.165) is 10.7 Å². The summed E-state index contributed by atoms with van der Waals surface area (Å²) in [6, 6.07) is 0. The van der Waals surface area contributed by atoms with Gasteiger partial charge in [-0.3, -0.25) is 0 Å². The minimum Gasteiger partial charge on any atom is -0.328 e. The van der Waals surface area contributed by atoms with Crippen molar-refractivity contribution in [2.45, 2.75) is 38.5 Å². The Balaban J connectivity index is -0.000000155. The molecule has 0 rings (SSSR count). The van der Waals surface area contributed by atoms with Gasteiger partial charge in [-0.1, -0.05) is 38.3 Å². The van der Waals surface area contributed by atoms with Crippen molar-refractivity contribution < 1.29 is 52.5 Å². The van der Waals surface area contributed by atoms with Gasteiger partial charge in [0, 0.05) is 33.0 Å². The molecule has 0 fully saturated rings. The monoisotopic (exact) mass is 592 g/mol. The summed E-state index contributed by atoms with van der Waals surface area (Å²) >= 11 is 6.73. The predicted octanol–water partition coefficient (Wildman–Crippen LogP) is 3.17. The van der Waals surface area contributed by atoms with Crippen molar-refractivity contribution in [2.75, 3.05) is 23.9 Å². The molecule has 0 spiro atoms.